The lowest BCUT2D eigenvalue weighted by atomic mass is 9.95. The summed E-state index contributed by atoms with van der Waals surface area (Å²) in [6.45, 7) is 7.06. The zero-order valence-corrected chi connectivity index (χ0v) is 22.5. The summed E-state index contributed by atoms with van der Waals surface area (Å²) in [6.07, 6.45) is -4.29. The van der Waals surface area contributed by atoms with Crippen molar-refractivity contribution in [3.8, 4) is 0 Å². The van der Waals surface area contributed by atoms with Gasteiger partial charge in [-0.05, 0) is 36.8 Å². The van der Waals surface area contributed by atoms with Crippen molar-refractivity contribution in [2.24, 2.45) is 11.8 Å². The minimum atomic E-state index is -4.32. The number of alkyl halides is 3. The van der Waals surface area contributed by atoms with Crippen LogP contribution >= 0.6 is 11.3 Å². The molecular formula is C24H31F3N4O4S2. The fourth-order valence-electron chi connectivity index (χ4n) is 4.87. The maximum Gasteiger partial charge on any atom is 0.414 e. The molecule has 4 heterocycles. The predicted octanol–water partition coefficient (Wildman–Crippen LogP) is 4.38. The monoisotopic (exact) mass is 560 g/mol. The number of halogens is 3. The predicted molar refractivity (Wildman–Crippen MR) is 133 cm³/mol. The lowest BCUT2D eigenvalue weighted by Gasteiger charge is -2.35. The first-order valence-electron chi connectivity index (χ1n) is 12.3. The number of aromatic nitrogens is 2. The van der Waals surface area contributed by atoms with Crippen molar-refractivity contribution in [1.29, 1.82) is 0 Å². The molecule has 0 radical (unpaired) electrons. The maximum absolute atomic E-state index is 12.9. The number of rotatable bonds is 8. The summed E-state index contributed by atoms with van der Waals surface area (Å²) in [5.74, 6) is -0.0754. The minimum Gasteiger partial charge on any atom is -0.368 e. The first kappa shape index (κ1) is 27.9. The van der Waals surface area contributed by atoms with Gasteiger partial charge in [0.2, 0.25) is 5.91 Å². The lowest BCUT2D eigenvalue weighted by Crippen LogP contribution is -2.41. The van der Waals surface area contributed by atoms with E-state index in [1.807, 2.05) is 0 Å². The van der Waals surface area contributed by atoms with Crippen molar-refractivity contribution >= 4 is 32.2 Å². The number of nitrogens with zero attached hydrogens (tertiary/aromatic N) is 3. The largest absolute Gasteiger partial charge is 0.414 e. The maximum atomic E-state index is 12.9. The summed E-state index contributed by atoms with van der Waals surface area (Å²) in [6, 6.07) is 2.99. The topological polar surface area (TPSA) is 101 Å². The molecule has 8 nitrogen and oxygen atoms in total. The number of thiazole rings is 1. The van der Waals surface area contributed by atoms with Gasteiger partial charge in [-0.2, -0.15) is 13.2 Å². The smallest absolute Gasteiger partial charge is 0.368 e. The van der Waals surface area contributed by atoms with E-state index in [0.29, 0.717) is 30.3 Å². The molecular weight excluding hydrogens is 529 g/mol. The van der Waals surface area contributed by atoms with E-state index in [0.717, 1.165) is 10.6 Å². The number of hydrogen-bond acceptors (Lipinski definition) is 8. The van der Waals surface area contributed by atoms with Crippen molar-refractivity contribution in [2.45, 2.75) is 69.8 Å². The summed E-state index contributed by atoms with van der Waals surface area (Å²) in [5.41, 5.74) is 1.35. The number of carbonyl (C=O) groups is 1. The highest BCUT2D eigenvalue weighted by atomic mass is 32.2. The van der Waals surface area contributed by atoms with Gasteiger partial charge in [-0.15, -0.1) is 11.3 Å². The Morgan fingerprint density at radius 2 is 2.05 bits per heavy atom. The number of amides is 1. The molecule has 204 valence electrons. The van der Waals surface area contributed by atoms with E-state index >= 15 is 0 Å². The zero-order chi connectivity index (χ0) is 27.0. The average molecular weight is 561 g/mol. The number of anilines is 1. The second-order valence-corrected chi connectivity index (χ2v) is 13.2. The molecule has 2 aliphatic rings. The van der Waals surface area contributed by atoms with Crippen molar-refractivity contribution in [1.82, 2.24) is 14.9 Å². The van der Waals surface area contributed by atoms with Gasteiger partial charge in [-0.25, -0.2) is 13.4 Å². The molecule has 0 saturated carbocycles. The zero-order valence-electron chi connectivity index (χ0n) is 20.9. The van der Waals surface area contributed by atoms with Crippen LogP contribution in [0, 0.1) is 11.8 Å². The van der Waals surface area contributed by atoms with Gasteiger partial charge in [-0.3, -0.25) is 14.7 Å². The summed E-state index contributed by atoms with van der Waals surface area (Å²) in [4.78, 5) is 24.8. The number of hydrogen-bond donors (Lipinski definition) is 1. The Labute approximate surface area is 218 Å². The third kappa shape index (κ3) is 6.50. The van der Waals surface area contributed by atoms with E-state index in [2.05, 4.69) is 34.0 Å². The van der Waals surface area contributed by atoms with Crippen molar-refractivity contribution in [2.75, 3.05) is 24.2 Å². The molecule has 2 aliphatic heterocycles. The molecule has 4 rings (SSSR count). The van der Waals surface area contributed by atoms with E-state index in [9.17, 15) is 26.4 Å². The minimum absolute atomic E-state index is 0.00645. The Balaban J connectivity index is 1.35. The standard InChI is InChI=1S/C24H31F3N4O4S2/c1-4-37(33,34)17-7-6-16(28-10-17)9-20(32)29-23-30-21-18(36-23)12-31(22(21)14(2)3)11-15-5-8-19(35-13-15)24(25,26)27/h6-7,10,14-15,19,22H,4-5,8-9,11-13H2,1-3H3,(H,29,30,32)/t15-,19?,22?/m0/s1. The van der Waals surface area contributed by atoms with E-state index in [-0.39, 0.29) is 53.9 Å². The molecule has 1 saturated heterocycles. The fourth-order valence-corrected chi connectivity index (χ4v) is 6.73. The van der Waals surface area contributed by atoms with Gasteiger partial charge in [0, 0.05) is 29.9 Å². The molecule has 0 aliphatic carbocycles. The fraction of sp³-hybridized carbons (Fsp3) is 0.625. The molecule has 2 aromatic heterocycles. The van der Waals surface area contributed by atoms with Crippen molar-refractivity contribution < 1.29 is 31.1 Å². The third-order valence-electron chi connectivity index (χ3n) is 6.73. The molecule has 1 N–H and O–H groups in total. The Morgan fingerprint density at radius 1 is 1.30 bits per heavy atom. The Hall–Kier alpha value is -2.09. The second-order valence-electron chi connectivity index (χ2n) is 9.87. The van der Waals surface area contributed by atoms with Crippen LogP contribution in [0.25, 0.3) is 0 Å². The lowest BCUT2D eigenvalue weighted by molar-refractivity contribution is -0.236. The van der Waals surface area contributed by atoms with E-state index < -0.39 is 22.1 Å². The SMILES string of the molecule is CCS(=O)(=O)c1ccc(CC(=O)Nc2nc3c(s2)CN(C[C@@H]2CCC(C(F)(F)F)OC2)C3C(C)C)nc1. The first-order chi connectivity index (χ1) is 17.4. The summed E-state index contributed by atoms with van der Waals surface area (Å²) >= 11 is 1.40. The number of carbonyl (C=O) groups excluding carboxylic acids is 1. The van der Waals surface area contributed by atoms with Gasteiger partial charge < -0.3 is 10.1 Å². The number of nitrogens with one attached hydrogen (secondary N) is 1. The highest BCUT2D eigenvalue weighted by Gasteiger charge is 2.44. The quantitative estimate of drug-likeness (QED) is 0.511. The van der Waals surface area contributed by atoms with Crippen LogP contribution < -0.4 is 5.32 Å². The van der Waals surface area contributed by atoms with Gasteiger partial charge >= 0.3 is 6.18 Å². The highest BCUT2D eigenvalue weighted by Crippen LogP contribution is 2.43. The first-order valence-corrected chi connectivity index (χ1v) is 14.7. The van der Waals surface area contributed by atoms with E-state index in [4.69, 9.17) is 4.74 Å². The van der Waals surface area contributed by atoms with E-state index in [1.165, 1.54) is 29.7 Å². The molecule has 3 atom stereocenters. The number of ether oxygens (including phenoxy) is 1. The Morgan fingerprint density at radius 3 is 2.62 bits per heavy atom. The molecule has 2 unspecified atom stereocenters. The number of sulfone groups is 1. The Kier molecular flexibility index (Phi) is 8.27. The van der Waals surface area contributed by atoms with Crippen LogP contribution in [-0.4, -0.2) is 60.4 Å². The van der Waals surface area contributed by atoms with Gasteiger partial charge in [0.15, 0.2) is 21.1 Å². The van der Waals surface area contributed by atoms with Crippen LogP contribution in [0.4, 0.5) is 18.3 Å². The molecule has 1 fully saturated rings. The van der Waals surface area contributed by atoms with Gasteiger partial charge in [0.05, 0.1) is 35.4 Å². The van der Waals surface area contributed by atoms with Crippen LogP contribution in [0.1, 0.15) is 55.9 Å². The molecule has 0 spiro atoms. The van der Waals surface area contributed by atoms with Gasteiger partial charge in [0.25, 0.3) is 0 Å². The van der Waals surface area contributed by atoms with Crippen LogP contribution in [0.15, 0.2) is 23.2 Å². The van der Waals surface area contributed by atoms with E-state index in [1.54, 1.807) is 6.92 Å². The van der Waals surface area contributed by atoms with Gasteiger partial charge in [-0.1, -0.05) is 20.8 Å². The summed E-state index contributed by atoms with van der Waals surface area (Å²) in [5, 5.41) is 3.30. The molecule has 1 amide bonds. The van der Waals surface area contributed by atoms with Crippen LogP contribution in [0.5, 0.6) is 0 Å². The van der Waals surface area contributed by atoms with Crippen LogP contribution in [0.3, 0.4) is 0 Å². The third-order valence-corrected chi connectivity index (χ3v) is 9.42. The summed E-state index contributed by atoms with van der Waals surface area (Å²) in [7, 11) is -3.35. The molecule has 2 aromatic rings. The van der Waals surface area contributed by atoms with Gasteiger partial charge in [0.1, 0.15) is 0 Å². The second kappa shape index (κ2) is 11.0. The number of pyridine rings is 1. The molecule has 37 heavy (non-hydrogen) atoms. The van der Waals surface area contributed by atoms with Crippen molar-refractivity contribution in [3.63, 3.8) is 0 Å². The summed E-state index contributed by atoms with van der Waals surface area (Å²) < 4.78 is 67.7. The molecule has 0 bridgehead atoms. The number of fused-ring (bicyclic) bond motifs is 1. The average Bonchev–Trinajstić information content (AvgIpc) is 3.35. The highest BCUT2D eigenvalue weighted by molar-refractivity contribution is 7.91. The molecule has 0 aromatic carbocycles. The molecule has 13 heteroatoms. The normalized spacial score (nSPS) is 22.8. The van der Waals surface area contributed by atoms with Crippen molar-refractivity contribution in [3.05, 3.63) is 34.6 Å². The van der Waals surface area contributed by atoms with Crippen LogP contribution in [-0.2, 0) is 32.3 Å². The van der Waals surface area contributed by atoms with Crippen LogP contribution in [0.2, 0.25) is 0 Å². The Bertz CT molecular complexity index is 1210.